The fraction of sp³-hybridized carbons (Fsp3) is 0.300. The average Bonchev–Trinajstić information content (AvgIpc) is 2.69. The molecule has 0 saturated carbocycles. The van der Waals surface area contributed by atoms with Crippen molar-refractivity contribution in [2.75, 3.05) is 19.4 Å². The summed E-state index contributed by atoms with van der Waals surface area (Å²) < 4.78 is 64.7. The Balaban J connectivity index is 2.41. The van der Waals surface area contributed by atoms with Crippen molar-refractivity contribution in [1.82, 2.24) is 4.90 Å². The van der Waals surface area contributed by atoms with E-state index in [-0.39, 0.29) is 31.4 Å². The van der Waals surface area contributed by atoms with Gasteiger partial charge in [-0.1, -0.05) is 0 Å². The molecule has 0 heterocycles. The van der Waals surface area contributed by atoms with E-state index < -0.39 is 27.5 Å². The number of carbonyl (C=O) groups excluding carboxylic acids is 2. The number of nitrogens with one attached hydrogen (secondary N) is 1. The molecule has 0 aromatic heterocycles. The molecule has 0 saturated heterocycles. The van der Waals surface area contributed by atoms with Crippen molar-refractivity contribution < 1.29 is 36.3 Å². The van der Waals surface area contributed by atoms with Gasteiger partial charge in [0.2, 0.25) is 15.4 Å². The van der Waals surface area contributed by atoms with Crippen molar-refractivity contribution in [3.05, 3.63) is 52.0 Å². The number of alkyl halides is 3. The predicted octanol–water partition coefficient (Wildman–Crippen LogP) is 3.54. The van der Waals surface area contributed by atoms with E-state index in [0.29, 0.717) is 12.5 Å². The zero-order valence-electron chi connectivity index (χ0n) is 17.4. The highest BCUT2D eigenvalue weighted by Gasteiger charge is 2.55. The molecule has 0 bridgehead atoms. The molecule has 0 fully saturated rings. The van der Waals surface area contributed by atoms with Crippen LogP contribution in [0.5, 0.6) is 0 Å². The lowest BCUT2D eigenvalue weighted by Crippen LogP contribution is -2.52. The number of anilines is 1. The van der Waals surface area contributed by atoms with Gasteiger partial charge in [0.25, 0.3) is 11.8 Å². The third-order valence-electron chi connectivity index (χ3n) is 4.70. The number of sulfone groups is 1. The first-order valence-electron chi connectivity index (χ1n) is 8.98. The SMILES string of the molecule is Cc1c(NC(=O)[C@@](C)(O)C(F)(F)F)ccc(S(=O)(=O)c2ccc(C(=O)N(C)C)cc2)c1Br. The van der Waals surface area contributed by atoms with Crippen LogP contribution in [-0.2, 0) is 14.6 Å². The molecule has 0 unspecified atom stereocenters. The second-order valence-corrected chi connectivity index (χ2v) is 10.0. The topological polar surface area (TPSA) is 104 Å². The molecule has 2 aromatic carbocycles. The second kappa shape index (κ2) is 8.83. The van der Waals surface area contributed by atoms with Gasteiger partial charge in [-0.25, -0.2) is 8.42 Å². The Morgan fingerprint density at radius 2 is 1.59 bits per heavy atom. The molecule has 2 N–H and O–H groups in total. The summed E-state index contributed by atoms with van der Waals surface area (Å²) in [5, 5.41) is 11.5. The summed E-state index contributed by atoms with van der Waals surface area (Å²) >= 11 is 3.12. The quantitative estimate of drug-likeness (QED) is 0.608. The van der Waals surface area contributed by atoms with Gasteiger partial charge in [-0.05, 0) is 71.7 Å². The highest BCUT2D eigenvalue weighted by atomic mass is 79.9. The van der Waals surface area contributed by atoms with Gasteiger partial charge in [-0.2, -0.15) is 13.2 Å². The van der Waals surface area contributed by atoms with E-state index in [0.717, 1.165) is 12.1 Å². The highest BCUT2D eigenvalue weighted by Crippen LogP contribution is 2.36. The van der Waals surface area contributed by atoms with Crippen LogP contribution in [0, 0.1) is 6.92 Å². The lowest BCUT2D eigenvalue weighted by atomic mass is 10.1. The molecule has 32 heavy (non-hydrogen) atoms. The Morgan fingerprint density at radius 1 is 1.06 bits per heavy atom. The summed E-state index contributed by atoms with van der Waals surface area (Å²) in [6.45, 7) is 1.70. The zero-order chi connectivity index (χ0) is 24.6. The van der Waals surface area contributed by atoms with E-state index in [9.17, 15) is 36.3 Å². The smallest absolute Gasteiger partial charge is 0.373 e. The van der Waals surface area contributed by atoms with Gasteiger partial charge in [-0.15, -0.1) is 0 Å². The fourth-order valence-electron chi connectivity index (χ4n) is 2.54. The third kappa shape index (κ3) is 4.81. The van der Waals surface area contributed by atoms with Crippen molar-refractivity contribution in [1.29, 1.82) is 0 Å². The van der Waals surface area contributed by atoms with Crippen LogP contribution in [0.15, 0.2) is 50.7 Å². The van der Waals surface area contributed by atoms with Crippen molar-refractivity contribution in [3.63, 3.8) is 0 Å². The number of carbonyl (C=O) groups is 2. The zero-order valence-corrected chi connectivity index (χ0v) is 19.8. The summed E-state index contributed by atoms with van der Waals surface area (Å²) in [4.78, 5) is 25.0. The molecule has 174 valence electrons. The van der Waals surface area contributed by atoms with E-state index in [1.807, 2.05) is 5.32 Å². The first kappa shape index (κ1) is 25.8. The molecule has 2 rings (SSSR count). The number of benzene rings is 2. The fourth-order valence-corrected chi connectivity index (χ4v) is 4.91. The van der Waals surface area contributed by atoms with E-state index in [1.165, 1.54) is 36.1 Å². The molecule has 2 amide bonds. The van der Waals surface area contributed by atoms with E-state index >= 15 is 0 Å². The summed E-state index contributed by atoms with van der Waals surface area (Å²) in [5.41, 5.74) is -3.32. The summed E-state index contributed by atoms with van der Waals surface area (Å²) in [6.07, 6.45) is -5.20. The molecule has 12 heteroatoms. The van der Waals surface area contributed by atoms with Crippen LogP contribution in [0.1, 0.15) is 22.8 Å². The van der Waals surface area contributed by atoms with Crippen molar-refractivity contribution in [2.45, 2.75) is 35.4 Å². The number of rotatable bonds is 5. The van der Waals surface area contributed by atoms with Gasteiger partial charge in [0.05, 0.1) is 9.79 Å². The summed E-state index contributed by atoms with van der Waals surface area (Å²) in [7, 11) is -0.952. The molecule has 0 aliphatic rings. The van der Waals surface area contributed by atoms with Crippen LogP contribution in [0.25, 0.3) is 0 Å². The minimum Gasteiger partial charge on any atom is -0.373 e. The standard InChI is InChI=1S/C20H20BrF3N2O5S/c1-11-14(25-18(28)19(2,29)20(22,23)24)9-10-15(16(11)21)32(30,31)13-7-5-12(6-8-13)17(27)26(3)4/h5-10,29H,1-4H3,(H,25,28)/t19-/m1/s1. The van der Waals surface area contributed by atoms with Gasteiger partial charge in [-0.3, -0.25) is 9.59 Å². The van der Waals surface area contributed by atoms with E-state index in [4.69, 9.17) is 0 Å². The maximum Gasteiger partial charge on any atom is 0.426 e. The Kier molecular flexibility index (Phi) is 7.13. The minimum atomic E-state index is -5.20. The van der Waals surface area contributed by atoms with Crippen LogP contribution in [0.3, 0.4) is 0 Å². The number of aliphatic hydroxyl groups is 1. The number of halogens is 4. The van der Waals surface area contributed by atoms with Crippen LogP contribution in [0.2, 0.25) is 0 Å². The van der Waals surface area contributed by atoms with Crippen LogP contribution < -0.4 is 5.32 Å². The lowest BCUT2D eigenvalue weighted by molar-refractivity contribution is -0.242. The van der Waals surface area contributed by atoms with Crippen LogP contribution in [0.4, 0.5) is 18.9 Å². The maximum absolute atomic E-state index is 13.0. The van der Waals surface area contributed by atoms with Gasteiger partial charge in [0.15, 0.2) is 0 Å². The van der Waals surface area contributed by atoms with Crippen LogP contribution in [-0.4, -0.2) is 56.1 Å². The van der Waals surface area contributed by atoms with Gasteiger partial charge in [0.1, 0.15) is 0 Å². The lowest BCUT2D eigenvalue weighted by Gasteiger charge is -2.25. The molecule has 0 radical (unpaired) electrons. The molecule has 1 atom stereocenters. The summed E-state index contributed by atoms with van der Waals surface area (Å²) in [5.74, 6) is -2.02. The maximum atomic E-state index is 13.0. The van der Waals surface area contributed by atoms with Crippen LogP contribution >= 0.6 is 15.9 Å². The molecule has 0 aliphatic heterocycles. The Labute approximate surface area is 191 Å². The summed E-state index contributed by atoms with van der Waals surface area (Å²) in [6, 6.07) is 7.51. The largest absolute Gasteiger partial charge is 0.426 e. The molecular formula is C20H20BrF3N2O5S. The van der Waals surface area contributed by atoms with Crippen molar-refractivity contribution in [3.8, 4) is 0 Å². The molecular weight excluding hydrogens is 517 g/mol. The molecule has 2 aromatic rings. The van der Waals surface area contributed by atoms with Crippen molar-refractivity contribution in [2.24, 2.45) is 0 Å². The average molecular weight is 537 g/mol. The molecule has 7 nitrogen and oxygen atoms in total. The first-order chi connectivity index (χ1) is 14.5. The van der Waals surface area contributed by atoms with E-state index in [1.54, 1.807) is 14.1 Å². The Hall–Kier alpha value is -2.44. The Bertz CT molecular complexity index is 1160. The Morgan fingerprint density at radius 3 is 2.06 bits per heavy atom. The second-order valence-electron chi connectivity index (χ2n) is 7.30. The highest BCUT2D eigenvalue weighted by molar-refractivity contribution is 9.10. The normalized spacial score (nSPS) is 13.9. The molecule has 0 aliphatic carbocycles. The van der Waals surface area contributed by atoms with Gasteiger partial charge in [0, 0.05) is 29.8 Å². The predicted molar refractivity (Wildman–Crippen MR) is 114 cm³/mol. The monoisotopic (exact) mass is 536 g/mol. The minimum absolute atomic E-state index is 0.0235. The van der Waals surface area contributed by atoms with E-state index in [2.05, 4.69) is 15.9 Å². The number of nitrogens with zero attached hydrogens (tertiary/aromatic N) is 1. The van der Waals surface area contributed by atoms with Gasteiger partial charge >= 0.3 is 6.18 Å². The third-order valence-corrected chi connectivity index (χ3v) is 7.80. The number of hydrogen-bond donors (Lipinski definition) is 2. The number of hydrogen-bond acceptors (Lipinski definition) is 5. The molecule has 0 spiro atoms. The van der Waals surface area contributed by atoms with Crippen molar-refractivity contribution >= 4 is 43.3 Å². The first-order valence-corrected chi connectivity index (χ1v) is 11.3. The number of amides is 2. The van der Waals surface area contributed by atoms with Gasteiger partial charge < -0.3 is 15.3 Å².